The van der Waals surface area contributed by atoms with Crippen molar-refractivity contribution < 1.29 is 25.2 Å². The maximum Gasteiger partial charge on any atom is 0.249 e. The van der Waals surface area contributed by atoms with Gasteiger partial charge in [-0.15, -0.1) is 0 Å². The van der Waals surface area contributed by atoms with Gasteiger partial charge in [0.15, 0.2) is 0 Å². The smallest absolute Gasteiger partial charge is 0.249 e. The predicted octanol–water partition coefficient (Wildman–Crippen LogP) is 9.29. The molecular formula is C38H77NO5. The predicted molar refractivity (Wildman–Crippen MR) is 187 cm³/mol. The first-order chi connectivity index (χ1) is 21.5. The van der Waals surface area contributed by atoms with Gasteiger partial charge in [0.05, 0.1) is 18.8 Å². The quantitative estimate of drug-likeness (QED) is 0.0450. The topological polar surface area (TPSA) is 110 Å². The largest absolute Gasteiger partial charge is 0.394 e. The molecule has 4 unspecified atom stereocenters. The standard InChI is InChI=1S/C38H77NO5/c1-3-5-7-8-9-10-11-12-13-14-15-16-17-18-19-20-21-22-23-24-25-26-27-28-30-32-36(42)38(44)39-34(33-40)37(43)35(41)31-29-6-4-2/h34-37,40-43H,3-33H2,1-2H3,(H,39,44). The van der Waals surface area contributed by atoms with Crippen LogP contribution in [-0.2, 0) is 4.79 Å². The highest BCUT2D eigenvalue weighted by atomic mass is 16.3. The number of nitrogens with one attached hydrogen (secondary N) is 1. The Morgan fingerprint density at radius 1 is 0.477 bits per heavy atom. The zero-order valence-electron chi connectivity index (χ0n) is 29.4. The van der Waals surface area contributed by atoms with Crippen molar-refractivity contribution >= 4 is 5.91 Å². The molecule has 0 aromatic rings. The summed E-state index contributed by atoms with van der Waals surface area (Å²) in [5.74, 6) is -0.590. The number of rotatable bonds is 35. The van der Waals surface area contributed by atoms with Crippen molar-refractivity contribution in [2.45, 2.75) is 231 Å². The molecule has 6 heteroatoms. The summed E-state index contributed by atoms with van der Waals surface area (Å²) >= 11 is 0. The van der Waals surface area contributed by atoms with Crippen molar-refractivity contribution in [1.29, 1.82) is 0 Å². The molecule has 0 bridgehead atoms. The fourth-order valence-electron chi connectivity index (χ4n) is 6.17. The molecule has 0 aromatic heterocycles. The van der Waals surface area contributed by atoms with E-state index in [4.69, 9.17) is 0 Å². The highest BCUT2D eigenvalue weighted by Gasteiger charge is 2.28. The third-order valence-electron chi connectivity index (χ3n) is 9.32. The highest BCUT2D eigenvalue weighted by Crippen LogP contribution is 2.16. The van der Waals surface area contributed by atoms with Crippen LogP contribution in [0.2, 0.25) is 0 Å². The fraction of sp³-hybridized carbons (Fsp3) is 0.974. The normalized spacial score (nSPS) is 14.4. The zero-order valence-corrected chi connectivity index (χ0v) is 29.4. The zero-order chi connectivity index (χ0) is 32.5. The Balaban J connectivity index is 3.47. The van der Waals surface area contributed by atoms with Gasteiger partial charge in [-0.3, -0.25) is 4.79 Å². The maximum absolute atomic E-state index is 12.3. The summed E-state index contributed by atoms with van der Waals surface area (Å²) in [7, 11) is 0. The number of carbonyl (C=O) groups excluding carboxylic acids is 1. The van der Waals surface area contributed by atoms with E-state index in [1.807, 2.05) is 0 Å². The third-order valence-corrected chi connectivity index (χ3v) is 9.32. The lowest BCUT2D eigenvalue weighted by atomic mass is 10.00. The van der Waals surface area contributed by atoms with Crippen LogP contribution in [0.15, 0.2) is 0 Å². The summed E-state index contributed by atoms with van der Waals surface area (Å²) in [5.41, 5.74) is 0. The Kier molecular flexibility index (Phi) is 33.1. The molecule has 0 saturated heterocycles. The van der Waals surface area contributed by atoms with Crippen LogP contribution in [0.5, 0.6) is 0 Å². The Labute approximate surface area is 273 Å². The van der Waals surface area contributed by atoms with Crippen molar-refractivity contribution in [1.82, 2.24) is 5.32 Å². The van der Waals surface area contributed by atoms with Gasteiger partial charge in [0, 0.05) is 0 Å². The van der Waals surface area contributed by atoms with Gasteiger partial charge >= 0.3 is 0 Å². The van der Waals surface area contributed by atoms with Crippen LogP contribution in [0.25, 0.3) is 0 Å². The molecule has 6 nitrogen and oxygen atoms in total. The molecule has 0 aromatic carbocycles. The Hall–Kier alpha value is -0.690. The van der Waals surface area contributed by atoms with Gasteiger partial charge in [0.2, 0.25) is 5.91 Å². The molecule has 0 fully saturated rings. The van der Waals surface area contributed by atoms with Crippen LogP contribution in [-0.4, -0.2) is 57.3 Å². The summed E-state index contributed by atoms with van der Waals surface area (Å²) < 4.78 is 0. The van der Waals surface area contributed by atoms with Crippen LogP contribution in [0.1, 0.15) is 206 Å². The SMILES string of the molecule is CCCCCCCCCCCCCCCCCCCCCCCCCCCC(O)C(=O)NC(CO)C(O)C(O)CCCCC. The molecule has 0 aliphatic carbocycles. The lowest BCUT2D eigenvalue weighted by molar-refractivity contribution is -0.132. The van der Waals surface area contributed by atoms with E-state index in [2.05, 4.69) is 19.2 Å². The van der Waals surface area contributed by atoms with Crippen molar-refractivity contribution in [2.75, 3.05) is 6.61 Å². The molecule has 0 saturated carbocycles. The van der Waals surface area contributed by atoms with Crippen LogP contribution in [0, 0.1) is 0 Å². The molecule has 5 N–H and O–H groups in total. The van der Waals surface area contributed by atoms with Crippen LogP contribution < -0.4 is 5.32 Å². The third kappa shape index (κ3) is 27.6. The molecule has 0 heterocycles. The van der Waals surface area contributed by atoms with Crippen molar-refractivity contribution in [3.63, 3.8) is 0 Å². The first-order valence-corrected chi connectivity index (χ1v) is 19.4. The van der Waals surface area contributed by atoms with Gasteiger partial charge in [-0.05, 0) is 12.8 Å². The van der Waals surface area contributed by atoms with E-state index in [9.17, 15) is 25.2 Å². The second-order valence-electron chi connectivity index (χ2n) is 13.6. The first kappa shape index (κ1) is 43.3. The molecule has 44 heavy (non-hydrogen) atoms. The average molecular weight is 628 g/mol. The lowest BCUT2D eigenvalue weighted by Crippen LogP contribution is -2.53. The van der Waals surface area contributed by atoms with Gasteiger partial charge in [-0.2, -0.15) is 0 Å². The second-order valence-corrected chi connectivity index (χ2v) is 13.6. The Morgan fingerprint density at radius 2 is 0.773 bits per heavy atom. The molecular weight excluding hydrogens is 550 g/mol. The molecule has 0 spiro atoms. The number of amides is 1. The van der Waals surface area contributed by atoms with E-state index < -0.39 is 36.9 Å². The summed E-state index contributed by atoms with van der Waals surface area (Å²) in [6, 6.07) is -0.974. The highest BCUT2D eigenvalue weighted by molar-refractivity contribution is 5.80. The maximum atomic E-state index is 12.3. The van der Waals surface area contributed by atoms with Crippen LogP contribution in [0.4, 0.5) is 0 Å². The number of hydrogen-bond acceptors (Lipinski definition) is 5. The minimum atomic E-state index is -1.25. The Bertz CT molecular complexity index is 590. The molecule has 0 rings (SSSR count). The molecule has 1 amide bonds. The number of hydrogen-bond donors (Lipinski definition) is 5. The van der Waals surface area contributed by atoms with E-state index in [0.717, 1.165) is 38.5 Å². The summed E-state index contributed by atoms with van der Waals surface area (Å²) in [6.45, 7) is 3.87. The van der Waals surface area contributed by atoms with Crippen molar-refractivity contribution in [3.05, 3.63) is 0 Å². The second kappa shape index (κ2) is 33.7. The van der Waals surface area contributed by atoms with Gasteiger partial charge in [-0.25, -0.2) is 0 Å². The molecule has 0 aliphatic rings. The first-order valence-electron chi connectivity index (χ1n) is 19.4. The van der Waals surface area contributed by atoms with Gasteiger partial charge in [0.1, 0.15) is 12.2 Å². The molecule has 4 atom stereocenters. The number of carbonyl (C=O) groups is 1. The molecule has 264 valence electrons. The number of unbranched alkanes of at least 4 members (excludes halogenated alkanes) is 26. The monoisotopic (exact) mass is 628 g/mol. The van der Waals surface area contributed by atoms with E-state index in [1.165, 1.54) is 141 Å². The number of aliphatic hydroxyl groups excluding tert-OH is 4. The van der Waals surface area contributed by atoms with Gasteiger partial charge in [0.25, 0.3) is 0 Å². The summed E-state index contributed by atoms with van der Waals surface area (Å²) in [4.78, 5) is 12.3. The van der Waals surface area contributed by atoms with Crippen molar-refractivity contribution in [2.24, 2.45) is 0 Å². The van der Waals surface area contributed by atoms with E-state index in [0.29, 0.717) is 12.8 Å². The Morgan fingerprint density at radius 3 is 1.11 bits per heavy atom. The summed E-state index contributed by atoms with van der Waals surface area (Å²) in [6.07, 6.45) is 33.7. The van der Waals surface area contributed by atoms with E-state index in [1.54, 1.807) is 0 Å². The van der Waals surface area contributed by atoms with Gasteiger partial charge < -0.3 is 25.7 Å². The van der Waals surface area contributed by atoms with Crippen LogP contribution >= 0.6 is 0 Å². The van der Waals surface area contributed by atoms with E-state index >= 15 is 0 Å². The fourth-order valence-corrected chi connectivity index (χ4v) is 6.17. The minimum absolute atomic E-state index is 0.373. The summed E-state index contributed by atoms with van der Waals surface area (Å²) in [5, 5.41) is 42.7. The van der Waals surface area contributed by atoms with E-state index in [-0.39, 0.29) is 0 Å². The molecule has 0 radical (unpaired) electrons. The van der Waals surface area contributed by atoms with Gasteiger partial charge in [-0.1, -0.05) is 194 Å². The lowest BCUT2D eigenvalue weighted by Gasteiger charge is -2.27. The number of aliphatic hydroxyl groups is 4. The van der Waals surface area contributed by atoms with Crippen molar-refractivity contribution in [3.8, 4) is 0 Å². The minimum Gasteiger partial charge on any atom is -0.394 e. The molecule has 0 aliphatic heterocycles. The van der Waals surface area contributed by atoms with Crippen LogP contribution in [0.3, 0.4) is 0 Å². The average Bonchev–Trinajstić information content (AvgIpc) is 3.03.